The Bertz CT molecular complexity index is 780. The molecule has 1 aliphatic heterocycles. The zero-order valence-electron chi connectivity index (χ0n) is 15.4. The molecule has 27 heavy (non-hydrogen) atoms. The van der Waals surface area contributed by atoms with E-state index in [-0.39, 0.29) is 24.9 Å². The number of ether oxygens (including phenoxy) is 2. The molecule has 0 saturated carbocycles. The second kappa shape index (κ2) is 8.50. The maximum atomic E-state index is 13.0. The molecule has 0 radical (unpaired) electrons. The van der Waals surface area contributed by atoms with E-state index in [4.69, 9.17) is 9.47 Å². The molecule has 2 aromatic rings. The van der Waals surface area contributed by atoms with E-state index < -0.39 is 5.60 Å². The first kappa shape index (κ1) is 19.3. The number of halogens is 1. The molecule has 2 aromatic carbocycles. The van der Waals surface area contributed by atoms with E-state index in [1.165, 1.54) is 24.3 Å². The number of aliphatic hydroxyl groups is 1. The van der Waals surface area contributed by atoms with Crippen LogP contribution in [0.15, 0.2) is 48.5 Å². The number of nitrogens with zero attached hydrogens (tertiary/aromatic N) is 1. The molecular formula is C21H24FNO4. The molecule has 0 bridgehead atoms. The van der Waals surface area contributed by atoms with Crippen molar-refractivity contribution in [3.63, 3.8) is 0 Å². The van der Waals surface area contributed by atoms with Crippen LogP contribution < -0.4 is 4.74 Å². The van der Waals surface area contributed by atoms with Crippen LogP contribution in [0, 0.1) is 5.82 Å². The van der Waals surface area contributed by atoms with Gasteiger partial charge in [-0.1, -0.05) is 12.1 Å². The second-order valence-corrected chi connectivity index (χ2v) is 6.93. The quantitative estimate of drug-likeness (QED) is 0.846. The van der Waals surface area contributed by atoms with Gasteiger partial charge >= 0.3 is 0 Å². The van der Waals surface area contributed by atoms with Crippen molar-refractivity contribution in [2.24, 2.45) is 0 Å². The Morgan fingerprint density at radius 1 is 1.26 bits per heavy atom. The molecule has 1 heterocycles. The maximum absolute atomic E-state index is 13.0. The van der Waals surface area contributed by atoms with Crippen molar-refractivity contribution in [2.75, 3.05) is 26.8 Å². The Morgan fingerprint density at radius 3 is 2.78 bits per heavy atom. The lowest BCUT2D eigenvalue weighted by Gasteiger charge is -2.39. The largest absolute Gasteiger partial charge is 0.491 e. The van der Waals surface area contributed by atoms with E-state index in [0.29, 0.717) is 37.3 Å². The number of likely N-dealkylation sites (tertiary alicyclic amines) is 1. The lowest BCUT2D eigenvalue weighted by molar-refractivity contribution is -0.0532. The molecule has 1 aliphatic rings. The average Bonchev–Trinajstić information content (AvgIpc) is 2.67. The number of rotatable bonds is 6. The molecule has 1 fully saturated rings. The summed E-state index contributed by atoms with van der Waals surface area (Å²) in [4.78, 5) is 14.5. The molecular weight excluding hydrogens is 349 g/mol. The minimum atomic E-state index is -1.13. The van der Waals surface area contributed by atoms with Crippen LogP contribution in [0.2, 0.25) is 0 Å². The highest BCUT2D eigenvalue weighted by Crippen LogP contribution is 2.24. The van der Waals surface area contributed by atoms with Gasteiger partial charge in [0.05, 0.1) is 13.2 Å². The van der Waals surface area contributed by atoms with Crippen LogP contribution in [0.1, 0.15) is 28.8 Å². The highest BCUT2D eigenvalue weighted by molar-refractivity contribution is 5.94. The second-order valence-electron chi connectivity index (χ2n) is 6.93. The fourth-order valence-electron chi connectivity index (χ4n) is 3.30. The van der Waals surface area contributed by atoms with Gasteiger partial charge in [0.25, 0.3) is 5.91 Å². The monoisotopic (exact) mass is 373 g/mol. The molecule has 5 nitrogen and oxygen atoms in total. The number of β-amino-alcohol motifs (C(OH)–C–C–N with tert-alkyl or cyclic N) is 1. The molecule has 144 valence electrons. The molecule has 0 spiro atoms. The average molecular weight is 373 g/mol. The number of methoxy groups -OCH3 is 1. The SMILES string of the molecule is COCc1cccc(C(=O)N2CCCC(O)(COc3ccc(F)cc3)C2)c1. The molecule has 1 saturated heterocycles. The van der Waals surface area contributed by atoms with Crippen molar-refractivity contribution >= 4 is 5.91 Å². The van der Waals surface area contributed by atoms with Crippen molar-refractivity contribution in [1.82, 2.24) is 4.90 Å². The number of carbonyl (C=O) groups excluding carboxylic acids is 1. The Balaban J connectivity index is 1.64. The number of hydrogen-bond donors (Lipinski definition) is 1. The van der Waals surface area contributed by atoms with Crippen LogP contribution in [0.5, 0.6) is 5.75 Å². The van der Waals surface area contributed by atoms with Gasteiger partial charge in [0.2, 0.25) is 0 Å². The van der Waals surface area contributed by atoms with Gasteiger partial charge in [-0.15, -0.1) is 0 Å². The van der Waals surface area contributed by atoms with Crippen LogP contribution in [0.4, 0.5) is 4.39 Å². The number of benzene rings is 2. The lowest BCUT2D eigenvalue weighted by atomic mass is 9.93. The van der Waals surface area contributed by atoms with Gasteiger partial charge in [-0.05, 0) is 54.8 Å². The van der Waals surface area contributed by atoms with Gasteiger partial charge in [0, 0.05) is 19.2 Å². The smallest absolute Gasteiger partial charge is 0.253 e. The van der Waals surface area contributed by atoms with E-state index in [9.17, 15) is 14.3 Å². The number of carbonyl (C=O) groups is 1. The predicted octanol–water partition coefficient (Wildman–Crippen LogP) is 3.02. The summed E-state index contributed by atoms with van der Waals surface area (Å²) in [5.74, 6) is 0.0274. The van der Waals surface area contributed by atoms with E-state index in [2.05, 4.69) is 0 Å². The van der Waals surface area contributed by atoms with Gasteiger partial charge in [0.1, 0.15) is 23.8 Å². The highest BCUT2D eigenvalue weighted by atomic mass is 19.1. The van der Waals surface area contributed by atoms with E-state index in [0.717, 1.165) is 5.56 Å². The minimum absolute atomic E-state index is 0.0477. The fraction of sp³-hybridized carbons (Fsp3) is 0.381. The molecule has 0 aliphatic carbocycles. The topological polar surface area (TPSA) is 59.0 Å². The molecule has 3 rings (SSSR count). The molecule has 6 heteroatoms. The predicted molar refractivity (Wildman–Crippen MR) is 99.1 cm³/mol. The summed E-state index contributed by atoms with van der Waals surface area (Å²) >= 11 is 0. The first-order valence-corrected chi connectivity index (χ1v) is 8.97. The van der Waals surface area contributed by atoms with Gasteiger partial charge in [-0.25, -0.2) is 4.39 Å². The Kier molecular flexibility index (Phi) is 6.08. The highest BCUT2D eigenvalue weighted by Gasteiger charge is 2.36. The van der Waals surface area contributed by atoms with Crippen molar-refractivity contribution in [3.8, 4) is 5.75 Å². The first-order chi connectivity index (χ1) is 13.0. The zero-order valence-corrected chi connectivity index (χ0v) is 15.4. The lowest BCUT2D eigenvalue weighted by Crippen LogP contribution is -2.53. The molecule has 1 unspecified atom stereocenters. The summed E-state index contributed by atoms with van der Waals surface area (Å²) in [6, 6.07) is 13.0. The third-order valence-corrected chi connectivity index (χ3v) is 4.65. The van der Waals surface area contributed by atoms with E-state index >= 15 is 0 Å². The minimum Gasteiger partial charge on any atom is -0.491 e. The standard InChI is InChI=1S/C21H24FNO4/c1-26-13-16-4-2-5-17(12-16)20(24)23-11-3-10-21(25,14-23)15-27-19-8-6-18(22)7-9-19/h2,4-9,12,25H,3,10-11,13-15H2,1H3. The molecule has 0 aromatic heterocycles. The van der Waals surface area contributed by atoms with Gasteiger partial charge in [-0.2, -0.15) is 0 Å². The summed E-state index contributed by atoms with van der Waals surface area (Å²) < 4.78 is 23.7. The molecule has 1 N–H and O–H groups in total. The third kappa shape index (κ3) is 5.05. The maximum Gasteiger partial charge on any atom is 0.253 e. The Labute approximate surface area is 158 Å². The summed E-state index contributed by atoms with van der Waals surface area (Å²) in [6.07, 6.45) is 1.23. The Hall–Kier alpha value is -2.44. The van der Waals surface area contributed by atoms with Crippen LogP contribution >= 0.6 is 0 Å². The summed E-state index contributed by atoms with van der Waals surface area (Å²) in [7, 11) is 1.61. The van der Waals surface area contributed by atoms with Crippen molar-refractivity contribution in [2.45, 2.75) is 25.0 Å². The van der Waals surface area contributed by atoms with Gasteiger partial charge in [-0.3, -0.25) is 4.79 Å². The van der Waals surface area contributed by atoms with E-state index in [1.54, 1.807) is 18.1 Å². The summed E-state index contributed by atoms with van der Waals surface area (Å²) in [5.41, 5.74) is 0.371. The van der Waals surface area contributed by atoms with Crippen LogP contribution in [0.25, 0.3) is 0 Å². The molecule has 1 amide bonds. The van der Waals surface area contributed by atoms with Crippen LogP contribution in [-0.4, -0.2) is 48.3 Å². The van der Waals surface area contributed by atoms with E-state index in [1.807, 2.05) is 18.2 Å². The van der Waals surface area contributed by atoms with Crippen LogP contribution in [-0.2, 0) is 11.3 Å². The normalized spacial score (nSPS) is 19.7. The van der Waals surface area contributed by atoms with Crippen LogP contribution in [0.3, 0.4) is 0 Å². The number of amides is 1. The van der Waals surface area contributed by atoms with Gasteiger partial charge < -0.3 is 19.5 Å². The Morgan fingerprint density at radius 2 is 2.04 bits per heavy atom. The van der Waals surface area contributed by atoms with Crippen molar-refractivity contribution < 1.29 is 23.8 Å². The number of piperidine rings is 1. The number of hydrogen-bond acceptors (Lipinski definition) is 4. The van der Waals surface area contributed by atoms with Crippen molar-refractivity contribution in [1.29, 1.82) is 0 Å². The zero-order chi connectivity index (χ0) is 19.3. The third-order valence-electron chi connectivity index (χ3n) is 4.65. The van der Waals surface area contributed by atoms with Crippen molar-refractivity contribution in [3.05, 3.63) is 65.5 Å². The summed E-state index contributed by atoms with van der Waals surface area (Å²) in [5, 5.41) is 10.9. The first-order valence-electron chi connectivity index (χ1n) is 8.97. The van der Waals surface area contributed by atoms with Gasteiger partial charge in [0.15, 0.2) is 0 Å². The fourth-order valence-corrected chi connectivity index (χ4v) is 3.30. The molecule has 1 atom stereocenters. The summed E-state index contributed by atoms with van der Waals surface area (Å²) in [6.45, 7) is 1.27.